The van der Waals surface area contributed by atoms with Crippen molar-refractivity contribution in [1.29, 1.82) is 0 Å². The van der Waals surface area contributed by atoms with E-state index >= 15 is 0 Å². The highest BCUT2D eigenvalue weighted by molar-refractivity contribution is 6.18. The summed E-state index contributed by atoms with van der Waals surface area (Å²) in [6.07, 6.45) is 0. The lowest BCUT2D eigenvalue weighted by atomic mass is 10.6. The van der Waals surface area contributed by atoms with Gasteiger partial charge in [-0.1, -0.05) is 0 Å². The van der Waals surface area contributed by atoms with Crippen molar-refractivity contribution in [3.05, 3.63) is 6.92 Å². The van der Waals surface area contributed by atoms with Gasteiger partial charge in [-0.3, -0.25) is 0 Å². The first-order valence-electron chi connectivity index (χ1n) is 3.06. The van der Waals surface area contributed by atoms with Gasteiger partial charge in [-0.15, -0.1) is 11.6 Å². The molecule has 1 radical (unpaired) electrons. The van der Waals surface area contributed by atoms with Gasteiger partial charge < -0.3 is 10.2 Å². The average Bonchev–Trinajstić information content (AvgIpc) is 1.89. The quantitative estimate of drug-likeness (QED) is 0.611. The second-order valence-corrected chi connectivity index (χ2v) is 2.22. The van der Waals surface area contributed by atoms with Gasteiger partial charge in [0.05, 0.1) is 0 Å². The molecule has 0 saturated heterocycles. The minimum absolute atomic E-state index is 0.129. The Kier molecular flexibility index (Phi) is 5.12. The summed E-state index contributed by atoms with van der Waals surface area (Å²) in [5, 5.41) is 2.55. The highest BCUT2D eigenvalue weighted by Gasteiger charge is 2.03. The number of hydrogen-bond acceptors (Lipinski definition) is 1. The largest absolute Gasteiger partial charge is 0.338 e. The third kappa shape index (κ3) is 3.56. The van der Waals surface area contributed by atoms with Crippen molar-refractivity contribution in [3.8, 4) is 0 Å². The maximum Gasteiger partial charge on any atom is 0.317 e. The van der Waals surface area contributed by atoms with Gasteiger partial charge in [0.1, 0.15) is 0 Å². The van der Waals surface area contributed by atoms with Gasteiger partial charge in [0.15, 0.2) is 0 Å². The minimum Gasteiger partial charge on any atom is -0.338 e. The minimum atomic E-state index is -0.129. The van der Waals surface area contributed by atoms with E-state index in [4.69, 9.17) is 11.6 Å². The van der Waals surface area contributed by atoms with Crippen LogP contribution in [0.25, 0.3) is 0 Å². The third-order valence-corrected chi connectivity index (χ3v) is 1.21. The third-order valence-electron chi connectivity index (χ3n) is 1.04. The van der Waals surface area contributed by atoms with Crippen molar-refractivity contribution in [3.63, 3.8) is 0 Å². The zero-order valence-electron chi connectivity index (χ0n) is 6.06. The standard InChI is InChI=1S/C6H12ClN2O/c1-3-8-6(10)9(2)5-4-7/h1,3-5H2,2H3,(H,8,10). The molecule has 0 bridgehead atoms. The SMILES string of the molecule is [CH2]CNC(=O)N(C)CCCl. The summed E-state index contributed by atoms with van der Waals surface area (Å²) in [4.78, 5) is 12.4. The van der Waals surface area contributed by atoms with Crippen LogP contribution in [0.4, 0.5) is 4.79 Å². The molecule has 0 atom stereocenters. The number of rotatable bonds is 3. The van der Waals surface area contributed by atoms with E-state index in [1.165, 1.54) is 4.90 Å². The zero-order chi connectivity index (χ0) is 7.98. The second kappa shape index (κ2) is 5.35. The number of hydrogen-bond donors (Lipinski definition) is 1. The van der Waals surface area contributed by atoms with Gasteiger partial charge in [-0.05, 0) is 6.92 Å². The normalized spacial score (nSPS) is 9.10. The number of nitrogens with zero attached hydrogens (tertiary/aromatic N) is 1. The smallest absolute Gasteiger partial charge is 0.317 e. The van der Waals surface area contributed by atoms with Crippen LogP contribution in [0.2, 0.25) is 0 Å². The van der Waals surface area contributed by atoms with Gasteiger partial charge >= 0.3 is 6.03 Å². The zero-order valence-corrected chi connectivity index (χ0v) is 6.82. The molecule has 4 heteroatoms. The van der Waals surface area contributed by atoms with E-state index in [0.29, 0.717) is 19.0 Å². The van der Waals surface area contributed by atoms with E-state index < -0.39 is 0 Å². The molecule has 0 heterocycles. The van der Waals surface area contributed by atoms with Crippen LogP contribution in [0, 0.1) is 6.92 Å². The van der Waals surface area contributed by atoms with Gasteiger partial charge in [0, 0.05) is 26.0 Å². The summed E-state index contributed by atoms with van der Waals surface area (Å²) in [5.74, 6) is 0.459. The van der Waals surface area contributed by atoms with Crippen LogP contribution in [0.15, 0.2) is 0 Å². The van der Waals surface area contributed by atoms with Crippen molar-refractivity contribution >= 4 is 17.6 Å². The van der Waals surface area contributed by atoms with Gasteiger partial charge in [-0.25, -0.2) is 4.79 Å². The van der Waals surface area contributed by atoms with Crippen LogP contribution < -0.4 is 5.32 Å². The molecule has 10 heavy (non-hydrogen) atoms. The number of alkyl halides is 1. The Morgan fingerprint density at radius 3 is 2.80 bits per heavy atom. The lowest BCUT2D eigenvalue weighted by Gasteiger charge is -2.14. The van der Waals surface area contributed by atoms with E-state index in [-0.39, 0.29) is 6.03 Å². The van der Waals surface area contributed by atoms with Gasteiger partial charge in [-0.2, -0.15) is 0 Å². The van der Waals surface area contributed by atoms with E-state index in [1.54, 1.807) is 7.05 Å². The number of urea groups is 1. The summed E-state index contributed by atoms with van der Waals surface area (Å²) in [7, 11) is 1.69. The number of nitrogens with one attached hydrogen (secondary N) is 1. The Bertz CT molecular complexity index is 108. The topological polar surface area (TPSA) is 32.3 Å². The number of carbonyl (C=O) groups is 1. The first-order chi connectivity index (χ1) is 4.72. The summed E-state index contributed by atoms with van der Waals surface area (Å²) in [5.41, 5.74) is 0. The Balaban J connectivity index is 3.49. The van der Waals surface area contributed by atoms with Gasteiger partial charge in [0.2, 0.25) is 0 Å². The Hall–Kier alpha value is -0.440. The van der Waals surface area contributed by atoms with Crippen LogP contribution in [-0.4, -0.2) is 36.9 Å². The summed E-state index contributed by atoms with van der Waals surface area (Å²) in [6.45, 7) is 4.45. The number of carbonyl (C=O) groups excluding carboxylic acids is 1. The molecule has 0 spiro atoms. The molecule has 0 unspecified atom stereocenters. The van der Waals surface area contributed by atoms with Crippen LogP contribution >= 0.6 is 11.6 Å². The highest BCUT2D eigenvalue weighted by Crippen LogP contribution is 1.84. The first kappa shape index (κ1) is 9.56. The fourth-order valence-corrected chi connectivity index (χ4v) is 0.724. The lowest BCUT2D eigenvalue weighted by molar-refractivity contribution is 0.212. The van der Waals surface area contributed by atoms with Crippen molar-refractivity contribution < 1.29 is 4.79 Å². The summed E-state index contributed by atoms with van der Waals surface area (Å²) in [6, 6.07) is -0.129. The molecule has 0 aromatic heterocycles. The molecule has 0 aromatic rings. The second-order valence-electron chi connectivity index (χ2n) is 1.84. The van der Waals surface area contributed by atoms with Crippen molar-refractivity contribution in [2.75, 3.05) is 26.0 Å². The maximum atomic E-state index is 10.8. The molecule has 2 amide bonds. The predicted octanol–water partition coefficient (Wildman–Crippen LogP) is 0.701. The molecule has 0 aliphatic heterocycles. The molecule has 0 fully saturated rings. The van der Waals surface area contributed by atoms with Crippen molar-refractivity contribution in [2.45, 2.75) is 0 Å². The molecule has 59 valence electrons. The number of amides is 2. The Morgan fingerprint density at radius 1 is 1.80 bits per heavy atom. The molecule has 0 rings (SSSR count). The number of halogens is 1. The van der Waals surface area contributed by atoms with Crippen LogP contribution in [0.1, 0.15) is 0 Å². The molecule has 0 saturated carbocycles. The predicted molar refractivity (Wildman–Crippen MR) is 42.1 cm³/mol. The molecule has 3 nitrogen and oxygen atoms in total. The van der Waals surface area contributed by atoms with E-state index in [9.17, 15) is 4.79 Å². The maximum absolute atomic E-state index is 10.8. The highest BCUT2D eigenvalue weighted by atomic mass is 35.5. The fourth-order valence-electron chi connectivity index (χ4n) is 0.470. The Labute approximate surface area is 66.3 Å². The van der Waals surface area contributed by atoms with Crippen LogP contribution in [-0.2, 0) is 0 Å². The summed E-state index contributed by atoms with van der Waals surface area (Å²) < 4.78 is 0. The van der Waals surface area contributed by atoms with E-state index in [0.717, 1.165) is 0 Å². The van der Waals surface area contributed by atoms with Gasteiger partial charge in [0.25, 0.3) is 0 Å². The van der Waals surface area contributed by atoms with Crippen LogP contribution in [0.5, 0.6) is 0 Å². The molecule has 1 N–H and O–H groups in total. The van der Waals surface area contributed by atoms with Crippen molar-refractivity contribution in [2.24, 2.45) is 0 Å². The molecular weight excluding hydrogens is 152 g/mol. The molecule has 0 aliphatic rings. The summed E-state index contributed by atoms with van der Waals surface area (Å²) >= 11 is 5.40. The Morgan fingerprint density at radius 2 is 2.40 bits per heavy atom. The van der Waals surface area contributed by atoms with E-state index in [2.05, 4.69) is 12.2 Å². The lowest BCUT2D eigenvalue weighted by Crippen LogP contribution is -2.38. The van der Waals surface area contributed by atoms with Crippen molar-refractivity contribution in [1.82, 2.24) is 10.2 Å². The molecular formula is C6H12ClN2O. The molecule has 0 aliphatic carbocycles. The first-order valence-corrected chi connectivity index (χ1v) is 3.60. The van der Waals surface area contributed by atoms with E-state index in [1.807, 2.05) is 0 Å². The average molecular weight is 164 g/mol. The monoisotopic (exact) mass is 163 g/mol. The fraction of sp³-hybridized carbons (Fsp3) is 0.667. The van der Waals surface area contributed by atoms with Crippen LogP contribution in [0.3, 0.4) is 0 Å². The molecule has 0 aromatic carbocycles.